The third-order valence-corrected chi connectivity index (χ3v) is 2.31. The maximum atomic E-state index is 5.86. The first-order valence-electron chi connectivity index (χ1n) is 4.35. The van der Waals surface area contributed by atoms with Gasteiger partial charge >= 0.3 is 0 Å². The van der Waals surface area contributed by atoms with E-state index in [1.165, 1.54) is 0 Å². The van der Waals surface area contributed by atoms with E-state index in [1.807, 2.05) is 24.3 Å². The van der Waals surface area contributed by atoms with Gasteiger partial charge < -0.3 is 0 Å². The van der Waals surface area contributed by atoms with Gasteiger partial charge in [0.25, 0.3) is 0 Å². The van der Waals surface area contributed by atoms with Gasteiger partial charge in [0.05, 0.1) is 5.52 Å². The SMILES string of the molecule is CCc1ccc2cc(Cl)ccc2n1. The summed E-state index contributed by atoms with van der Waals surface area (Å²) in [5.41, 5.74) is 2.14. The molecule has 0 saturated carbocycles. The smallest absolute Gasteiger partial charge is 0.0706 e. The van der Waals surface area contributed by atoms with Crippen molar-refractivity contribution < 1.29 is 0 Å². The van der Waals surface area contributed by atoms with Crippen LogP contribution in [0.25, 0.3) is 10.9 Å². The standard InChI is InChI=1S/C11H10ClN/c1-2-10-5-3-8-7-9(12)4-6-11(8)13-10/h3-7H,2H2,1H3. The van der Waals surface area contributed by atoms with Crippen LogP contribution >= 0.6 is 11.6 Å². The molecule has 13 heavy (non-hydrogen) atoms. The van der Waals surface area contributed by atoms with Crippen molar-refractivity contribution in [1.82, 2.24) is 4.98 Å². The predicted octanol–water partition coefficient (Wildman–Crippen LogP) is 3.45. The molecule has 0 N–H and O–H groups in total. The molecular formula is C11H10ClN. The molecule has 2 heteroatoms. The van der Waals surface area contributed by atoms with E-state index in [1.54, 1.807) is 0 Å². The van der Waals surface area contributed by atoms with Gasteiger partial charge in [-0.2, -0.15) is 0 Å². The van der Waals surface area contributed by atoms with E-state index >= 15 is 0 Å². The first kappa shape index (κ1) is 8.52. The van der Waals surface area contributed by atoms with Gasteiger partial charge in [-0.05, 0) is 30.7 Å². The summed E-state index contributed by atoms with van der Waals surface area (Å²) < 4.78 is 0. The monoisotopic (exact) mass is 191 g/mol. The van der Waals surface area contributed by atoms with Crippen molar-refractivity contribution in [3.8, 4) is 0 Å². The predicted molar refractivity (Wildman–Crippen MR) is 56.1 cm³/mol. The lowest BCUT2D eigenvalue weighted by molar-refractivity contribution is 1.06. The molecule has 0 atom stereocenters. The molecule has 2 rings (SSSR count). The maximum Gasteiger partial charge on any atom is 0.0706 e. The number of benzene rings is 1. The molecule has 0 bridgehead atoms. The van der Waals surface area contributed by atoms with Crippen LogP contribution in [0.1, 0.15) is 12.6 Å². The highest BCUT2D eigenvalue weighted by atomic mass is 35.5. The average Bonchev–Trinajstić information content (AvgIpc) is 2.17. The Morgan fingerprint density at radius 2 is 2.08 bits per heavy atom. The van der Waals surface area contributed by atoms with E-state index in [0.717, 1.165) is 28.0 Å². The molecule has 0 aliphatic carbocycles. The molecule has 1 aromatic heterocycles. The molecule has 0 unspecified atom stereocenters. The van der Waals surface area contributed by atoms with Gasteiger partial charge in [0, 0.05) is 16.1 Å². The number of rotatable bonds is 1. The number of hydrogen-bond donors (Lipinski definition) is 0. The van der Waals surface area contributed by atoms with Crippen LogP contribution in [0.3, 0.4) is 0 Å². The third kappa shape index (κ3) is 1.65. The van der Waals surface area contributed by atoms with Gasteiger partial charge in [0.15, 0.2) is 0 Å². The Bertz CT molecular complexity index is 437. The molecule has 0 fully saturated rings. The summed E-state index contributed by atoms with van der Waals surface area (Å²) in [4.78, 5) is 4.48. The molecule has 0 saturated heterocycles. The summed E-state index contributed by atoms with van der Waals surface area (Å²) in [7, 11) is 0. The maximum absolute atomic E-state index is 5.86. The van der Waals surface area contributed by atoms with E-state index in [2.05, 4.69) is 18.0 Å². The first-order chi connectivity index (χ1) is 6.29. The first-order valence-corrected chi connectivity index (χ1v) is 4.72. The molecule has 2 aromatic rings. The zero-order valence-electron chi connectivity index (χ0n) is 7.42. The minimum atomic E-state index is 0.763. The normalized spacial score (nSPS) is 10.6. The summed E-state index contributed by atoms with van der Waals surface area (Å²) in [6.45, 7) is 2.10. The molecule has 1 nitrogen and oxygen atoms in total. The van der Waals surface area contributed by atoms with E-state index in [-0.39, 0.29) is 0 Å². The van der Waals surface area contributed by atoms with E-state index in [0.29, 0.717) is 0 Å². The summed E-state index contributed by atoms with van der Waals surface area (Å²) in [6.07, 6.45) is 0.971. The molecule has 1 aromatic carbocycles. The molecule has 0 radical (unpaired) electrons. The van der Waals surface area contributed by atoms with Crippen LogP contribution in [0.15, 0.2) is 30.3 Å². The van der Waals surface area contributed by atoms with Crippen molar-refractivity contribution in [2.24, 2.45) is 0 Å². The number of fused-ring (bicyclic) bond motifs is 1. The van der Waals surface area contributed by atoms with Gasteiger partial charge in [-0.1, -0.05) is 24.6 Å². The highest BCUT2D eigenvalue weighted by Crippen LogP contribution is 2.17. The van der Waals surface area contributed by atoms with Gasteiger partial charge in [-0.15, -0.1) is 0 Å². The Hall–Kier alpha value is -1.08. The summed E-state index contributed by atoms with van der Waals surface area (Å²) in [6, 6.07) is 9.86. The highest BCUT2D eigenvalue weighted by Gasteiger charge is 1.96. The Kier molecular flexibility index (Phi) is 2.19. The van der Waals surface area contributed by atoms with Crippen LogP contribution in [0, 0.1) is 0 Å². The van der Waals surface area contributed by atoms with Crippen LogP contribution in [-0.2, 0) is 6.42 Å². The number of pyridine rings is 1. The molecule has 0 amide bonds. The van der Waals surface area contributed by atoms with Gasteiger partial charge in [0.2, 0.25) is 0 Å². The largest absolute Gasteiger partial charge is 0.253 e. The fourth-order valence-corrected chi connectivity index (χ4v) is 1.52. The lowest BCUT2D eigenvalue weighted by Gasteiger charge is -2.00. The van der Waals surface area contributed by atoms with Crippen LogP contribution in [0.2, 0.25) is 5.02 Å². The molecule has 66 valence electrons. The van der Waals surface area contributed by atoms with Crippen molar-refractivity contribution in [2.45, 2.75) is 13.3 Å². The molecule has 0 aliphatic rings. The van der Waals surface area contributed by atoms with Gasteiger partial charge in [-0.3, -0.25) is 4.98 Å². The number of aryl methyl sites for hydroxylation is 1. The van der Waals surface area contributed by atoms with Crippen molar-refractivity contribution >= 4 is 22.5 Å². The molecule has 0 spiro atoms. The molecular weight excluding hydrogens is 182 g/mol. The quantitative estimate of drug-likeness (QED) is 0.673. The molecule has 0 aliphatic heterocycles. The van der Waals surface area contributed by atoms with Crippen molar-refractivity contribution in [3.63, 3.8) is 0 Å². The van der Waals surface area contributed by atoms with Crippen molar-refractivity contribution in [1.29, 1.82) is 0 Å². The van der Waals surface area contributed by atoms with Gasteiger partial charge in [0.1, 0.15) is 0 Å². The Balaban J connectivity index is 2.66. The zero-order valence-corrected chi connectivity index (χ0v) is 8.17. The highest BCUT2D eigenvalue weighted by molar-refractivity contribution is 6.31. The Morgan fingerprint density at radius 1 is 1.23 bits per heavy atom. The number of halogens is 1. The Labute approximate surface area is 82.4 Å². The van der Waals surface area contributed by atoms with Crippen LogP contribution in [0.4, 0.5) is 0 Å². The fourth-order valence-electron chi connectivity index (χ4n) is 1.34. The number of hydrogen-bond acceptors (Lipinski definition) is 1. The summed E-state index contributed by atoms with van der Waals surface area (Å²) in [5.74, 6) is 0. The zero-order chi connectivity index (χ0) is 9.26. The number of nitrogens with zero attached hydrogens (tertiary/aromatic N) is 1. The second-order valence-electron chi connectivity index (χ2n) is 2.99. The minimum absolute atomic E-state index is 0.763. The third-order valence-electron chi connectivity index (χ3n) is 2.07. The molecule has 1 heterocycles. The van der Waals surface area contributed by atoms with E-state index < -0.39 is 0 Å². The summed E-state index contributed by atoms with van der Waals surface area (Å²) in [5, 5.41) is 1.86. The fraction of sp³-hybridized carbons (Fsp3) is 0.182. The minimum Gasteiger partial charge on any atom is -0.253 e. The van der Waals surface area contributed by atoms with E-state index in [9.17, 15) is 0 Å². The van der Waals surface area contributed by atoms with Crippen LogP contribution < -0.4 is 0 Å². The van der Waals surface area contributed by atoms with Crippen molar-refractivity contribution in [3.05, 3.63) is 41.0 Å². The summed E-state index contributed by atoms with van der Waals surface area (Å²) >= 11 is 5.86. The average molecular weight is 192 g/mol. The van der Waals surface area contributed by atoms with Crippen LogP contribution in [-0.4, -0.2) is 4.98 Å². The second-order valence-corrected chi connectivity index (χ2v) is 3.43. The van der Waals surface area contributed by atoms with E-state index in [4.69, 9.17) is 11.6 Å². The lowest BCUT2D eigenvalue weighted by atomic mass is 10.2. The van der Waals surface area contributed by atoms with Gasteiger partial charge in [-0.25, -0.2) is 0 Å². The van der Waals surface area contributed by atoms with Crippen molar-refractivity contribution in [2.75, 3.05) is 0 Å². The topological polar surface area (TPSA) is 12.9 Å². The number of aromatic nitrogens is 1. The lowest BCUT2D eigenvalue weighted by Crippen LogP contribution is -1.86. The Morgan fingerprint density at radius 3 is 2.85 bits per heavy atom. The second kappa shape index (κ2) is 3.35. The van der Waals surface area contributed by atoms with Crippen LogP contribution in [0.5, 0.6) is 0 Å².